The summed E-state index contributed by atoms with van der Waals surface area (Å²) in [6, 6.07) is 9.95. The molecule has 2 aromatic rings. The van der Waals surface area contributed by atoms with Crippen LogP contribution >= 0.6 is 0 Å². The molecule has 152 valence electrons. The summed E-state index contributed by atoms with van der Waals surface area (Å²) in [7, 11) is 1.50. The Hall–Kier alpha value is -3.12. The third kappa shape index (κ3) is 4.49. The number of piperazine rings is 1. The number of carbonyl (C=O) groups is 1. The number of hydrogen-bond acceptors (Lipinski definition) is 5. The zero-order valence-corrected chi connectivity index (χ0v) is 15.7. The summed E-state index contributed by atoms with van der Waals surface area (Å²) in [5, 5.41) is 8.99. The van der Waals surface area contributed by atoms with E-state index in [1.165, 1.54) is 25.4 Å². The molecule has 0 N–H and O–H groups in total. The number of hydrogen-bond donors (Lipinski definition) is 0. The molecule has 0 bridgehead atoms. The van der Waals surface area contributed by atoms with E-state index in [9.17, 15) is 18.0 Å². The number of rotatable bonds is 4. The van der Waals surface area contributed by atoms with Gasteiger partial charge in [-0.25, -0.2) is 0 Å². The van der Waals surface area contributed by atoms with E-state index in [4.69, 9.17) is 10.00 Å². The average Bonchev–Trinajstić information content (AvgIpc) is 2.73. The lowest BCUT2D eigenvalue weighted by Gasteiger charge is -2.42. The van der Waals surface area contributed by atoms with Crippen molar-refractivity contribution in [1.82, 2.24) is 9.88 Å². The van der Waals surface area contributed by atoms with Crippen LogP contribution in [0.4, 0.5) is 18.9 Å². The average molecular weight is 404 g/mol. The molecular formula is C20H19F3N4O2. The number of anilines is 1. The highest BCUT2D eigenvalue weighted by Gasteiger charge is 2.36. The van der Waals surface area contributed by atoms with Gasteiger partial charge in [0.15, 0.2) is 0 Å². The Morgan fingerprint density at radius 1 is 1.31 bits per heavy atom. The van der Waals surface area contributed by atoms with Gasteiger partial charge in [0.25, 0.3) is 5.91 Å². The van der Waals surface area contributed by atoms with Crippen LogP contribution in [0, 0.1) is 11.3 Å². The summed E-state index contributed by atoms with van der Waals surface area (Å²) in [6.07, 6.45) is -3.10. The Kier molecular flexibility index (Phi) is 6.03. The molecule has 0 saturated carbocycles. The van der Waals surface area contributed by atoms with E-state index in [-0.39, 0.29) is 25.1 Å². The second kappa shape index (κ2) is 8.49. The Balaban J connectivity index is 1.86. The largest absolute Gasteiger partial charge is 0.417 e. The molecule has 1 aliphatic rings. The van der Waals surface area contributed by atoms with Crippen LogP contribution in [0.3, 0.4) is 0 Å². The number of ether oxygens (including phenoxy) is 1. The van der Waals surface area contributed by atoms with Gasteiger partial charge < -0.3 is 14.5 Å². The number of halogens is 3. The van der Waals surface area contributed by atoms with Crippen molar-refractivity contribution in [3.63, 3.8) is 0 Å². The van der Waals surface area contributed by atoms with E-state index >= 15 is 0 Å². The topological polar surface area (TPSA) is 69.5 Å². The third-order valence-corrected chi connectivity index (χ3v) is 4.77. The molecule has 1 fully saturated rings. The van der Waals surface area contributed by atoms with Gasteiger partial charge in [-0.05, 0) is 30.3 Å². The highest BCUT2D eigenvalue weighted by molar-refractivity contribution is 5.92. The highest BCUT2D eigenvalue weighted by atomic mass is 19.4. The maximum atomic E-state index is 13.3. The zero-order chi connectivity index (χ0) is 21.0. The summed E-state index contributed by atoms with van der Waals surface area (Å²) in [5.74, 6) is -0.234. The van der Waals surface area contributed by atoms with Crippen LogP contribution in [0.15, 0.2) is 42.6 Å². The molecule has 1 aromatic heterocycles. The molecule has 0 radical (unpaired) electrons. The second-order valence-electron chi connectivity index (χ2n) is 6.61. The lowest BCUT2D eigenvalue weighted by Crippen LogP contribution is -2.56. The predicted molar refractivity (Wildman–Crippen MR) is 99.3 cm³/mol. The van der Waals surface area contributed by atoms with Crippen LogP contribution in [-0.4, -0.2) is 55.2 Å². The first-order valence-electron chi connectivity index (χ1n) is 8.92. The highest BCUT2D eigenvalue weighted by Crippen LogP contribution is 2.35. The molecule has 1 unspecified atom stereocenters. The molecule has 6 nitrogen and oxygen atoms in total. The minimum atomic E-state index is -4.63. The van der Waals surface area contributed by atoms with Crippen LogP contribution in [0.1, 0.15) is 21.6 Å². The molecule has 1 saturated heterocycles. The first-order chi connectivity index (χ1) is 13.8. The van der Waals surface area contributed by atoms with Crippen molar-refractivity contribution in [2.24, 2.45) is 0 Å². The van der Waals surface area contributed by atoms with Gasteiger partial charge in [-0.1, -0.05) is 6.07 Å². The van der Waals surface area contributed by atoms with Crippen LogP contribution in [0.5, 0.6) is 0 Å². The fourth-order valence-electron chi connectivity index (χ4n) is 3.41. The summed E-state index contributed by atoms with van der Waals surface area (Å²) in [4.78, 5) is 20.2. The molecule has 1 aliphatic heterocycles. The van der Waals surface area contributed by atoms with E-state index in [2.05, 4.69) is 4.98 Å². The SMILES string of the molecule is COCC1CN(C(=O)c2ccccn2)CCN1c1ccc(C#N)c(C(F)(F)F)c1. The van der Waals surface area contributed by atoms with E-state index in [1.54, 1.807) is 34.1 Å². The number of carbonyl (C=O) groups excluding carboxylic acids is 1. The molecule has 2 heterocycles. The number of nitriles is 1. The van der Waals surface area contributed by atoms with Crippen LogP contribution in [0.2, 0.25) is 0 Å². The monoisotopic (exact) mass is 404 g/mol. The summed E-state index contributed by atoms with van der Waals surface area (Å²) >= 11 is 0. The Morgan fingerprint density at radius 3 is 2.72 bits per heavy atom. The molecule has 1 atom stereocenters. The minimum absolute atomic E-state index is 0.230. The van der Waals surface area contributed by atoms with Crippen molar-refractivity contribution in [2.75, 3.05) is 38.3 Å². The lowest BCUT2D eigenvalue weighted by molar-refractivity contribution is -0.137. The number of amides is 1. The second-order valence-corrected chi connectivity index (χ2v) is 6.61. The van der Waals surface area contributed by atoms with Crippen molar-refractivity contribution in [1.29, 1.82) is 5.26 Å². The summed E-state index contributed by atoms with van der Waals surface area (Å²) in [6.45, 7) is 1.17. The van der Waals surface area contributed by atoms with Crippen LogP contribution in [0.25, 0.3) is 0 Å². The van der Waals surface area contributed by atoms with Gasteiger partial charge in [0.1, 0.15) is 5.69 Å². The number of methoxy groups -OCH3 is 1. The molecule has 1 amide bonds. The van der Waals surface area contributed by atoms with Crippen molar-refractivity contribution in [3.8, 4) is 6.07 Å². The van der Waals surface area contributed by atoms with Gasteiger partial charge in [0, 0.05) is 38.6 Å². The zero-order valence-electron chi connectivity index (χ0n) is 15.7. The van der Waals surface area contributed by atoms with Crippen molar-refractivity contribution in [3.05, 3.63) is 59.4 Å². The fraction of sp³-hybridized carbons (Fsp3) is 0.350. The standard InChI is InChI=1S/C20H19F3N4O2/c1-29-13-16-12-26(19(28)18-4-2-3-7-25-18)8-9-27(16)15-6-5-14(11-24)17(10-15)20(21,22)23/h2-7,10,16H,8-9,12-13H2,1H3. The van der Waals surface area contributed by atoms with E-state index in [1.807, 2.05) is 0 Å². The van der Waals surface area contributed by atoms with Gasteiger partial charge in [-0.15, -0.1) is 0 Å². The smallest absolute Gasteiger partial charge is 0.382 e. The molecule has 1 aromatic carbocycles. The molecule has 0 aliphatic carbocycles. The van der Waals surface area contributed by atoms with Crippen molar-refractivity contribution in [2.45, 2.75) is 12.2 Å². The van der Waals surface area contributed by atoms with Crippen molar-refractivity contribution < 1.29 is 22.7 Å². The van der Waals surface area contributed by atoms with Crippen LogP contribution in [-0.2, 0) is 10.9 Å². The van der Waals surface area contributed by atoms with Gasteiger partial charge >= 0.3 is 6.18 Å². The molecule has 9 heteroatoms. The predicted octanol–water partition coefficient (Wildman–Crippen LogP) is 2.95. The first-order valence-corrected chi connectivity index (χ1v) is 8.92. The molecule has 3 rings (SSSR count). The Morgan fingerprint density at radius 2 is 2.10 bits per heavy atom. The Labute approximate surface area is 166 Å². The van der Waals surface area contributed by atoms with Crippen molar-refractivity contribution >= 4 is 11.6 Å². The van der Waals surface area contributed by atoms with E-state index < -0.39 is 17.3 Å². The molecular weight excluding hydrogens is 385 g/mol. The van der Waals surface area contributed by atoms with Gasteiger partial charge in [-0.2, -0.15) is 18.4 Å². The fourth-order valence-corrected chi connectivity index (χ4v) is 3.41. The first kappa shape index (κ1) is 20.6. The van der Waals surface area contributed by atoms with E-state index in [0.717, 1.165) is 6.07 Å². The minimum Gasteiger partial charge on any atom is -0.382 e. The number of pyridine rings is 1. The summed E-state index contributed by atoms with van der Waals surface area (Å²) < 4.78 is 45.2. The maximum Gasteiger partial charge on any atom is 0.417 e. The van der Waals surface area contributed by atoms with Gasteiger partial charge in [0.2, 0.25) is 0 Å². The number of aromatic nitrogens is 1. The quantitative estimate of drug-likeness (QED) is 0.784. The van der Waals surface area contributed by atoms with Gasteiger partial charge in [-0.3, -0.25) is 9.78 Å². The van der Waals surface area contributed by atoms with Gasteiger partial charge in [0.05, 0.1) is 29.8 Å². The molecule has 29 heavy (non-hydrogen) atoms. The summed E-state index contributed by atoms with van der Waals surface area (Å²) in [5.41, 5.74) is -0.743. The third-order valence-electron chi connectivity index (χ3n) is 4.77. The Bertz CT molecular complexity index is 912. The lowest BCUT2D eigenvalue weighted by atomic mass is 10.0. The van der Waals surface area contributed by atoms with Crippen LogP contribution < -0.4 is 4.90 Å². The number of benzene rings is 1. The maximum absolute atomic E-state index is 13.3. The number of alkyl halides is 3. The van der Waals surface area contributed by atoms with E-state index in [0.29, 0.717) is 24.5 Å². The normalized spacial score (nSPS) is 17.1. The number of nitrogens with zero attached hydrogens (tertiary/aromatic N) is 4. The molecule has 0 spiro atoms.